The highest BCUT2D eigenvalue weighted by Gasteiger charge is 2.11. The Morgan fingerprint density at radius 1 is 1.25 bits per heavy atom. The van der Waals surface area contributed by atoms with Gasteiger partial charge in [0.1, 0.15) is 0 Å². The largest absolute Gasteiger partial charge is 0.355 e. The molecule has 1 atom stereocenters. The van der Waals surface area contributed by atoms with Crippen molar-refractivity contribution in [1.29, 1.82) is 0 Å². The van der Waals surface area contributed by atoms with Gasteiger partial charge in [-0.2, -0.15) is 0 Å². The fourth-order valence-electron chi connectivity index (χ4n) is 2.05. The van der Waals surface area contributed by atoms with Gasteiger partial charge in [-0.25, -0.2) is 4.98 Å². The molecule has 0 bridgehead atoms. The zero-order valence-corrected chi connectivity index (χ0v) is 13.9. The molecule has 3 rings (SSSR count). The van der Waals surface area contributed by atoms with Gasteiger partial charge in [0.15, 0.2) is 5.13 Å². The summed E-state index contributed by atoms with van der Waals surface area (Å²) in [5.74, 6) is 0. The number of nitrogens with zero attached hydrogens (tertiary/aromatic N) is 1. The molecule has 1 N–H and O–H groups in total. The van der Waals surface area contributed by atoms with Crippen LogP contribution in [0.2, 0.25) is 5.02 Å². The van der Waals surface area contributed by atoms with Gasteiger partial charge in [-0.15, -0.1) is 0 Å². The summed E-state index contributed by atoms with van der Waals surface area (Å²) in [6.45, 7) is 2.09. The third kappa shape index (κ3) is 2.82. The minimum Gasteiger partial charge on any atom is -0.355 e. The molecule has 0 saturated carbocycles. The summed E-state index contributed by atoms with van der Waals surface area (Å²) in [6.07, 6.45) is 0. The van der Waals surface area contributed by atoms with Gasteiger partial charge >= 0.3 is 0 Å². The first kappa shape index (κ1) is 13.9. The lowest BCUT2D eigenvalue weighted by Gasteiger charge is -2.14. The second-order valence-corrected chi connectivity index (χ2v) is 6.87. The zero-order chi connectivity index (χ0) is 14.1. The molecule has 0 fully saturated rings. The van der Waals surface area contributed by atoms with E-state index in [1.807, 2.05) is 36.4 Å². The van der Waals surface area contributed by atoms with Crippen molar-refractivity contribution in [3.8, 4) is 0 Å². The van der Waals surface area contributed by atoms with Crippen LogP contribution in [0.4, 0.5) is 5.13 Å². The molecular formula is C15H12BrClN2S. The first-order chi connectivity index (χ1) is 9.63. The number of hydrogen-bond donors (Lipinski definition) is 1. The molecular weight excluding hydrogens is 356 g/mol. The molecule has 0 aliphatic heterocycles. The first-order valence-corrected chi connectivity index (χ1v) is 8.19. The number of rotatable bonds is 3. The third-order valence-electron chi connectivity index (χ3n) is 3.06. The van der Waals surface area contributed by atoms with E-state index >= 15 is 0 Å². The van der Waals surface area contributed by atoms with Gasteiger partial charge in [0.05, 0.1) is 16.3 Å². The molecule has 2 nitrogen and oxygen atoms in total. The summed E-state index contributed by atoms with van der Waals surface area (Å²) < 4.78 is 2.23. The Morgan fingerprint density at radius 2 is 2.05 bits per heavy atom. The Bertz CT molecular complexity index is 756. The number of fused-ring (bicyclic) bond motifs is 1. The molecule has 0 radical (unpaired) electrons. The maximum Gasteiger partial charge on any atom is 0.184 e. The number of anilines is 1. The normalized spacial score (nSPS) is 12.6. The van der Waals surface area contributed by atoms with Gasteiger partial charge in [-0.3, -0.25) is 0 Å². The van der Waals surface area contributed by atoms with Gasteiger partial charge in [0, 0.05) is 9.50 Å². The number of hydrogen-bond acceptors (Lipinski definition) is 3. The van der Waals surface area contributed by atoms with Crippen molar-refractivity contribution in [2.24, 2.45) is 0 Å². The Labute approximate surface area is 134 Å². The molecule has 3 aromatic rings. The molecule has 102 valence electrons. The van der Waals surface area contributed by atoms with Crippen molar-refractivity contribution >= 4 is 54.2 Å². The van der Waals surface area contributed by atoms with Crippen LogP contribution in [0.1, 0.15) is 18.5 Å². The highest BCUT2D eigenvalue weighted by atomic mass is 79.9. The average molecular weight is 368 g/mol. The Balaban J connectivity index is 1.87. The van der Waals surface area contributed by atoms with Crippen LogP contribution in [0.15, 0.2) is 46.9 Å². The van der Waals surface area contributed by atoms with Crippen LogP contribution in [-0.4, -0.2) is 4.98 Å². The summed E-state index contributed by atoms with van der Waals surface area (Å²) >= 11 is 11.3. The standard InChI is InChI=1S/C15H12BrClN2S/c1-9(11-4-2-3-5-12(11)17)18-15-19-13-7-6-10(16)8-14(13)20-15/h2-9H,1H3,(H,18,19). The molecule has 1 aromatic heterocycles. The van der Waals surface area contributed by atoms with Gasteiger partial charge in [-0.1, -0.05) is 57.1 Å². The van der Waals surface area contributed by atoms with Crippen LogP contribution in [-0.2, 0) is 0 Å². The molecule has 1 heterocycles. The fourth-order valence-corrected chi connectivity index (χ4v) is 3.85. The Morgan fingerprint density at radius 3 is 2.85 bits per heavy atom. The van der Waals surface area contributed by atoms with Crippen LogP contribution in [0.5, 0.6) is 0 Å². The van der Waals surface area contributed by atoms with E-state index in [-0.39, 0.29) is 6.04 Å². The molecule has 20 heavy (non-hydrogen) atoms. The number of aromatic nitrogens is 1. The first-order valence-electron chi connectivity index (χ1n) is 6.20. The van der Waals surface area contributed by atoms with Crippen molar-refractivity contribution in [2.45, 2.75) is 13.0 Å². The Hall–Kier alpha value is -1.10. The second-order valence-electron chi connectivity index (χ2n) is 4.52. The summed E-state index contributed by atoms with van der Waals surface area (Å²) in [5, 5.41) is 5.10. The van der Waals surface area contributed by atoms with Crippen molar-refractivity contribution in [2.75, 3.05) is 5.32 Å². The number of nitrogens with one attached hydrogen (secondary N) is 1. The van der Waals surface area contributed by atoms with Crippen molar-refractivity contribution < 1.29 is 0 Å². The predicted octanol–water partition coefficient (Wildman–Crippen LogP) is 5.89. The van der Waals surface area contributed by atoms with E-state index in [1.54, 1.807) is 11.3 Å². The summed E-state index contributed by atoms with van der Waals surface area (Å²) in [6, 6.07) is 14.1. The van der Waals surface area contributed by atoms with Crippen LogP contribution < -0.4 is 5.32 Å². The van der Waals surface area contributed by atoms with E-state index < -0.39 is 0 Å². The topological polar surface area (TPSA) is 24.9 Å². The number of thiazole rings is 1. The third-order valence-corrected chi connectivity index (χ3v) is 4.85. The van der Waals surface area contributed by atoms with Crippen molar-refractivity contribution in [3.63, 3.8) is 0 Å². The van der Waals surface area contributed by atoms with Crippen molar-refractivity contribution in [3.05, 3.63) is 57.5 Å². The quantitative estimate of drug-likeness (QED) is 0.624. The smallest absolute Gasteiger partial charge is 0.184 e. The van der Waals surface area contributed by atoms with Crippen LogP contribution in [0, 0.1) is 0 Å². The fraction of sp³-hybridized carbons (Fsp3) is 0.133. The lowest BCUT2D eigenvalue weighted by molar-refractivity contribution is 0.883. The van der Waals surface area contributed by atoms with Crippen LogP contribution >= 0.6 is 38.9 Å². The van der Waals surface area contributed by atoms with Gasteiger partial charge in [0.25, 0.3) is 0 Å². The maximum atomic E-state index is 6.22. The predicted molar refractivity (Wildman–Crippen MR) is 90.8 cm³/mol. The molecule has 5 heteroatoms. The average Bonchev–Trinajstić information content (AvgIpc) is 2.80. The van der Waals surface area contributed by atoms with Gasteiger partial charge in [0.2, 0.25) is 0 Å². The molecule has 0 aliphatic rings. The van der Waals surface area contributed by atoms with Gasteiger partial charge in [-0.05, 0) is 36.8 Å². The van der Waals surface area contributed by atoms with E-state index in [9.17, 15) is 0 Å². The SMILES string of the molecule is CC(Nc1nc2ccc(Br)cc2s1)c1ccccc1Cl. The molecule has 1 unspecified atom stereocenters. The van der Waals surface area contributed by atoms with E-state index in [4.69, 9.17) is 11.6 Å². The maximum absolute atomic E-state index is 6.22. The van der Waals surface area contributed by atoms with Crippen LogP contribution in [0.25, 0.3) is 10.2 Å². The monoisotopic (exact) mass is 366 g/mol. The zero-order valence-electron chi connectivity index (χ0n) is 10.7. The highest BCUT2D eigenvalue weighted by Crippen LogP contribution is 2.32. The second kappa shape index (κ2) is 5.72. The molecule has 0 amide bonds. The molecule has 0 spiro atoms. The minimum absolute atomic E-state index is 0.118. The Kier molecular flexibility index (Phi) is 3.96. The summed E-state index contributed by atoms with van der Waals surface area (Å²) in [4.78, 5) is 4.59. The van der Waals surface area contributed by atoms with Crippen molar-refractivity contribution in [1.82, 2.24) is 4.98 Å². The summed E-state index contributed by atoms with van der Waals surface area (Å²) in [5.41, 5.74) is 2.08. The van der Waals surface area contributed by atoms with Gasteiger partial charge < -0.3 is 5.32 Å². The molecule has 2 aromatic carbocycles. The molecule has 0 aliphatic carbocycles. The summed E-state index contributed by atoms with van der Waals surface area (Å²) in [7, 11) is 0. The van der Waals surface area contributed by atoms with E-state index in [0.29, 0.717) is 0 Å². The molecule has 0 saturated heterocycles. The number of benzene rings is 2. The van der Waals surface area contributed by atoms with Crippen LogP contribution in [0.3, 0.4) is 0 Å². The van der Waals surface area contributed by atoms with E-state index in [0.717, 1.165) is 30.4 Å². The number of halogens is 2. The lowest BCUT2D eigenvalue weighted by Crippen LogP contribution is -2.06. The van der Waals surface area contributed by atoms with E-state index in [1.165, 1.54) is 0 Å². The minimum atomic E-state index is 0.118. The van der Waals surface area contributed by atoms with E-state index in [2.05, 4.69) is 39.2 Å². The lowest BCUT2D eigenvalue weighted by atomic mass is 10.1. The highest BCUT2D eigenvalue weighted by molar-refractivity contribution is 9.10.